The fourth-order valence-electron chi connectivity index (χ4n) is 2.93. The Morgan fingerprint density at radius 1 is 0.913 bits per heavy atom. The molecular weight excluding hydrogens is 278 g/mol. The van der Waals surface area contributed by atoms with Crippen LogP contribution in [-0.2, 0) is 12.0 Å². The Morgan fingerprint density at radius 3 is 2.04 bits per heavy atom. The third kappa shape index (κ3) is 4.04. The predicted molar refractivity (Wildman–Crippen MR) is 100.0 cm³/mol. The number of anilines is 1. The maximum absolute atomic E-state index is 3.66. The lowest BCUT2D eigenvalue weighted by Crippen LogP contribution is -2.27. The molecule has 120 valence electrons. The van der Waals surface area contributed by atoms with E-state index in [0.717, 1.165) is 6.42 Å². The lowest BCUT2D eigenvalue weighted by molar-refractivity contribution is 0.609. The van der Waals surface area contributed by atoms with E-state index in [2.05, 4.69) is 93.7 Å². The number of hydrogen-bond acceptors (Lipinski definition) is 1. The zero-order chi connectivity index (χ0) is 16.4. The largest absolute Gasteiger partial charge is 0.376 e. The van der Waals surface area contributed by atoms with Crippen LogP contribution >= 0.6 is 0 Å². The minimum Gasteiger partial charge on any atom is -0.376 e. The summed E-state index contributed by atoms with van der Waals surface area (Å²) in [6.07, 6.45) is 5.67. The summed E-state index contributed by atoms with van der Waals surface area (Å²) < 4.78 is 0. The highest BCUT2D eigenvalue weighted by Crippen LogP contribution is 2.28. The van der Waals surface area contributed by atoms with Gasteiger partial charge in [-0.05, 0) is 60.9 Å². The van der Waals surface area contributed by atoms with Gasteiger partial charge in [0.2, 0.25) is 0 Å². The van der Waals surface area contributed by atoms with Crippen LogP contribution < -0.4 is 5.32 Å². The van der Waals surface area contributed by atoms with Gasteiger partial charge in [-0.25, -0.2) is 0 Å². The van der Waals surface area contributed by atoms with E-state index in [-0.39, 0.29) is 5.54 Å². The van der Waals surface area contributed by atoms with Crippen molar-refractivity contribution in [2.24, 2.45) is 5.92 Å². The second kappa shape index (κ2) is 6.23. The molecule has 0 fully saturated rings. The standard InChI is InChI=1S/C22H27N/c1-16(2)19-9-13-21(14-10-19)23-22(3,4)20-11-7-18(8-12-20)15-17-5-6-17/h5-14,16-17,23H,15H2,1-4H3. The van der Waals surface area contributed by atoms with E-state index in [1.165, 1.54) is 22.4 Å². The zero-order valence-corrected chi connectivity index (χ0v) is 14.6. The van der Waals surface area contributed by atoms with E-state index in [1.807, 2.05) is 0 Å². The molecule has 1 nitrogen and oxygen atoms in total. The van der Waals surface area contributed by atoms with Gasteiger partial charge in [0.15, 0.2) is 0 Å². The molecule has 1 heteroatoms. The molecule has 0 radical (unpaired) electrons. The van der Waals surface area contributed by atoms with Crippen molar-refractivity contribution in [3.8, 4) is 0 Å². The molecule has 0 atom stereocenters. The Bertz CT molecular complexity index is 669. The van der Waals surface area contributed by atoms with Gasteiger partial charge in [0.25, 0.3) is 0 Å². The molecule has 3 rings (SSSR count). The van der Waals surface area contributed by atoms with Gasteiger partial charge in [-0.15, -0.1) is 0 Å². The molecule has 0 aliphatic heterocycles. The lowest BCUT2D eigenvalue weighted by atomic mass is 9.92. The molecule has 1 N–H and O–H groups in total. The normalized spacial score (nSPS) is 14.3. The van der Waals surface area contributed by atoms with Crippen LogP contribution in [0.25, 0.3) is 0 Å². The summed E-state index contributed by atoms with van der Waals surface area (Å²) >= 11 is 0. The average molecular weight is 305 g/mol. The highest BCUT2D eigenvalue weighted by atomic mass is 15.0. The maximum Gasteiger partial charge on any atom is 0.0569 e. The fraction of sp³-hybridized carbons (Fsp3) is 0.364. The van der Waals surface area contributed by atoms with Crippen molar-refractivity contribution in [3.63, 3.8) is 0 Å². The van der Waals surface area contributed by atoms with Crippen molar-refractivity contribution >= 4 is 5.69 Å². The molecule has 1 aliphatic rings. The monoisotopic (exact) mass is 305 g/mol. The summed E-state index contributed by atoms with van der Waals surface area (Å²) in [7, 11) is 0. The second-order valence-corrected chi connectivity index (χ2v) is 7.48. The Morgan fingerprint density at radius 2 is 1.52 bits per heavy atom. The van der Waals surface area contributed by atoms with Gasteiger partial charge in [-0.3, -0.25) is 0 Å². The topological polar surface area (TPSA) is 12.0 Å². The van der Waals surface area contributed by atoms with Crippen molar-refractivity contribution in [1.29, 1.82) is 0 Å². The van der Waals surface area contributed by atoms with Crippen LogP contribution in [0.4, 0.5) is 5.69 Å². The van der Waals surface area contributed by atoms with Crippen LogP contribution in [0.2, 0.25) is 0 Å². The third-order valence-corrected chi connectivity index (χ3v) is 4.65. The Hall–Kier alpha value is -2.02. The first kappa shape index (κ1) is 15.9. The van der Waals surface area contributed by atoms with Gasteiger partial charge < -0.3 is 5.32 Å². The summed E-state index contributed by atoms with van der Waals surface area (Å²) in [4.78, 5) is 0. The number of benzene rings is 2. The lowest BCUT2D eigenvalue weighted by Gasteiger charge is -2.28. The minimum absolute atomic E-state index is 0.0876. The maximum atomic E-state index is 3.66. The first-order valence-electron chi connectivity index (χ1n) is 8.60. The van der Waals surface area contributed by atoms with Crippen molar-refractivity contribution in [2.45, 2.75) is 45.6 Å². The molecule has 0 heterocycles. The molecule has 1 aliphatic carbocycles. The van der Waals surface area contributed by atoms with Gasteiger partial charge in [0.05, 0.1) is 5.54 Å². The van der Waals surface area contributed by atoms with Crippen molar-refractivity contribution in [1.82, 2.24) is 0 Å². The van der Waals surface area contributed by atoms with Gasteiger partial charge >= 0.3 is 0 Å². The van der Waals surface area contributed by atoms with E-state index in [9.17, 15) is 0 Å². The molecule has 0 saturated heterocycles. The molecule has 0 unspecified atom stereocenters. The SMILES string of the molecule is CC(C)c1ccc(NC(C)(C)c2ccc(CC3C=C3)cc2)cc1. The van der Waals surface area contributed by atoms with Crippen LogP contribution in [0, 0.1) is 5.92 Å². The van der Waals surface area contributed by atoms with E-state index < -0.39 is 0 Å². The van der Waals surface area contributed by atoms with E-state index in [1.54, 1.807) is 0 Å². The quantitative estimate of drug-likeness (QED) is 0.656. The van der Waals surface area contributed by atoms with Gasteiger partial charge in [0, 0.05) is 5.69 Å². The first-order valence-corrected chi connectivity index (χ1v) is 8.60. The summed E-state index contributed by atoms with van der Waals surface area (Å²) in [5.74, 6) is 1.28. The highest BCUT2D eigenvalue weighted by molar-refractivity contribution is 5.49. The molecule has 2 aromatic rings. The van der Waals surface area contributed by atoms with Crippen LogP contribution in [0.5, 0.6) is 0 Å². The van der Waals surface area contributed by atoms with Crippen LogP contribution in [0.15, 0.2) is 60.7 Å². The average Bonchev–Trinajstić information content (AvgIpc) is 3.32. The summed E-state index contributed by atoms with van der Waals surface area (Å²) in [5, 5.41) is 3.66. The molecule has 0 spiro atoms. The van der Waals surface area contributed by atoms with Gasteiger partial charge in [-0.1, -0.05) is 62.4 Å². The smallest absolute Gasteiger partial charge is 0.0569 e. The van der Waals surface area contributed by atoms with Crippen molar-refractivity contribution in [3.05, 3.63) is 77.4 Å². The zero-order valence-electron chi connectivity index (χ0n) is 14.6. The molecule has 23 heavy (non-hydrogen) atoms. The first-order chi connectivity index (χ1) is 10.9. The number of nitrogens with one attached hydrogen (secondary N) is 1. The van der Waals surface area contributed by atoms with Gasteiger partial charge in [0.1, 0.15) is 0 Å². The summed E-state index contributed by atoms with van der Waals surface area (Å²) in [5.41, 5.74) is 5.20. The Balaban J connectivity index is 1.69. The molecule has 0 aromatic heterocycles. The van der Waals surface area contributed by atoms with Gasteiger partial charge in [-0.2, -0.15) is 0 Å². The molecule has 0 amide bonds. The van der Waals surface area contributed by atoms with E-state index in [4.69, 9.17) is 0 Å². The van der Waals surface area contributed by atoms with E-state index >= 15 is 0 Å². The number of rotatable bonds is 6. The molecule has 0 saturated carbocycles. The predicted octanol–water partition coefficient (Wildman–Crippen LogP) is 5.89. The van der Waals surface area contributed by atoms with Crippen molar-refractivity contribution < 1.29 is 0 Å². The fourth-order valence-corrected chi connectivity index (χ4v) is 2.93. The molecule has 2 aromatic carbocycles. The summed E-state index contributed by atoms with van der Waals surface area (Å²) in [6.45, 7) is 8.93. The van der Waals surface area contributed by atoms with E-state index in [0.29, 0.717) is 11.8 Å². The van der Waals surface area contributed by atoms with Crippen LogP contribution in [0.1, 0.15) is 50.3 Å². The second-order valence-electron chi connectivity index (χ2n) is 7.48. The Labute approximate surface area is 140 Å². The Kier molecular flexibility index (Phi) is 4.30. The highest BCUT2D eigenvalue weighted by Gasteiger charge is 2.20. The minimum atomic E-state index is -0.0876. The van der Waals surface area contributed by atoms with Crippen LogP contribution in [0.3, 0.4) is 0 Å². The molecular formula is C22H27N. The van der Waals surface area contributed by atoms with Crippen LogP contribution in [-0.4, -0.2) is 0 Å². The third-order valence-electron chi connectivity index (χ3n) is 4.65. The van der Waals surface area contributed by atoms with Crippen molar-refractivity contribution in [2.75, 3.05) is 5.32 Å². The number of hydrogen-bond donors (Lipinski definition) is 1. The molecule has 0 bridgehead atoms. The summed E-state index contributed by atoms with van der Waals surface area (Å²) in [6, 6.07) is 17.8. The number of allylic oxidation sites excluding steroid dienone is 2.